The number of benzene rings is 1. The monoisotopic (exact) mass is 261 g/mol. The van der Waals surface area contributed by atoms with Crippen molar-refractivity contribution in [1.29, 1.82) is 0 Å². The Bertz CT molecular complexity index is 526. The van der Waals surface area contributed by atoms with Gasteiger partial charge in [-0.05, 0) is 25.1 Å². The molecule has 0 saturated heterocycles. The minimum Gasteiger partial charge on any atom is -0.398 e. The third kappa shape index (κ3) is 4.64. The lowest BCUT2D eigenvalue weighted by molar-refractivity contribution is -0.109. The number of nitrogen functional groups attached to an aromatic ring is 1. The molecule has 0 heterocycles. The van der Waals surface area contributed by atoms with Crippen LogP contribution in [0.5, 0.6) is 0 Å². The maximum Gasteiger partial charge on any atom is 0.185 e. The van der Waals surface area contributed by atoms with E-state index in [0.29, 0.717) is 23.4 Å². The summed E-state index contributed by atoms with van der Waals surface area (Å²) >= 11 is 1.26. The zero-order valence-corrected chi connectivity index (χ0v) is 11.3. The number of Topliss-reactive ketones (excluding diaryl/α,β-unsaturated/α-hetero) is 1. The molecule has 0 radical (unpaired) electrons. The highest BCUT2D eigenvalue weighted by atomic mass is 32.2. The second-order valence-electron chi connectivity index (χ2n) is 3.75. The number of rotatable bonds is 3. The quantitative estimate of drug-likeness (QED) is 0.393. The van der Waals surface area contributed by atoms with Gasteiger partial charge in [0.05, 0.1) is 0 Å². The normalized spacial score (nSPS) is 9.44. The predicted octanol–water partition coefficient (Wildman–Crippen LogP) is 2.49. The van der Waals surface area contributed by atoms with Crippen LogP contribution in [0.1, 0.15) is 36.2 Å². The van der Waals surface area contributed by atoms with Crippen molar-refractivity contribution in [2.75, 3.05) is 11.5 Å². The summed E-state index contributed by atoms with van der Waals surface area (Å²) in [5, 5.41) is 0.100. The summed E-state index contributed by atoms with van der Waals surface area (Å²) in [7, 11) is 0. The number of thioether (sulfide) groups is 1. The van der Waals surface area contributed by atoms with Gasteiger partial charge in [0.25, 0.3) is 0 Å². The first kappa shape index (κ1) is 14.3. The van der Waals surface area contributed by atoms with E-state index in [0.717, 1.165) is 5.56 Å². The Kier molecular flexibility index (Phi) is 5.47. The van der Waals surface area contributed by atoms with E-state index in [9.17, 15) is 9.59 Å². The van der Waals surface area contributed by atoms with Crippen molar-refractivity contribution in [3.8, 4) is 11.8 Å². The highest BCUT2D eigenvalue weighted by molar-refractivity contribution is 8.13. The number of ketones is 1. The third-order valence-corrected chi connectivity index (χ3v) is 3.01. The number of hydrogen-bond donors (Lipinski definition) is 1. The molecular weight excluding hydrogens is 246 g/mol. The molecule has 0 amide bonds. The van der Waals surface area contributed by atoms with Crippen LogP contribution in [0.3, 0.4) is 0 Å². The van der Waals surface area contributed by atoms with Gasteiger partial charge in [0.2, 0.25) is 0 Å². The Balaban J connectivity index is 2.68. The van der Waals surface area contributed by atoms with Gasteiger partial charge >= 0.3 is 0 Å². The summed E-state index contributed by atoms with van der Waals surface area (Å²) in [5.41, 5.74) is 7.43. The van der Waals surface area contributed by atoms with Crippen LogP contribution in [0.4, 0.5) is 5.69 Å². The van der Waals surface area contributed by atoms with E-state index in [1.54, 1.807) is 18.2 Å². The SMILES string of the molecule is CC(=O)SCCC#Cc1ccc(N)c(C(C)=O)c1. The van der Waals surface area contributed by atoms with Gasteiger partial charge < -0.3 is 5.73 Å². The van der Waals surface area contributed by atoms with E-state index in [1.165, 1.54) is 25.6 Å². The molecule has 94 valence electrons. The fourth-order valence-corrected chi connectivity index (χ4v) is 1.84. The molecule has 0 saturated carbocycles. The molecule has 0 bridgehead atoms. The maximum atomic E-state index is 11.3. The number of anilines is 1. The van der Waals surface area contributed by atoms with Crippen molar-refractivity contribution in [1.82, 2.24) is 0 Å². The average Bonchev–Trinajstić information content (AvgIpc) is 2.30. The van der Waals surface area contributed by atoms with Crippen LogP contribution >= 0.6 is 11.8 Å². The van der Waals surface area contributed by atoms with E-state index in [1.807, 2.05) is 0 Å². The summed E-state index contributed by atoms with van der Waals surface area (Å²) in [6.45, 7) is 3.02. The van der Waals surface area contributed by atoms with Crippen LogP contribution in [0.2, 0.25) is 0 Å². The largest absolute Gasteiger partial charge is 0.398 e. The molecule has 2 N–H and O–H groups in total. The highest BCUT2D eigenvalue weighted by Crippen LogP contribution is 2.14. The molecule has 18 heavy (non-hydrogen) atoms. The minimum absolute atomic E-state index is 0.0664. The van der Waals surface area contributed by atoms with Crippen molar-refractivity contribution < 1.29 is 9.59 Å². The van der Waals surface area contributed by atoms with Gasteiger partial charge in [-0.15, -0.1) is 0 Å². The molecule has 3 nitrogen and oxygen atoms in total. The molecule has 0 aliphatic carbocycles. The molecule has 0 unspecified atom stereocenters. The molecular formula is C14H15NO2S. The van der Waals surface area contributed by atoms with Crippen LogP contribution in [0.15, 0.2) is 18.2 Å². The van der Waals surface area contributed by atoms with Crippen LogP contribution in [0, 0.1) is 11.8 Å². The minimum atomic E-state index is -0.0664. The zero-order valence-electron chi connectivity index (χ0n) is 10.4. The zero-order chi connectivity index (χ0) is 13.5. The average molecular weight is 261 g/mol. The topological polar surface area (TPSA) is 60.2 Å². The van der Waals surface area contributed by atoms with Crippen molar-refractivity contribution in [3.05, 3.63) is 29.3 Å². The van der Waals surface area contributed by atoms with Gasteiger partial charge in [-0.25, -0.2) is 0 Å². The van der Waals surface area contributed by atoms with Gasteiger partial charge in [0.1, 0.15) is 0 Å². The fourth-order valence-electron chi connectivity index (χ4n) is 1.35. The Morgan fingerprint density at radius 1 is 1.33 bits per heavy atom. The van der Waals surface area contributed by atoms with Gasteiger partial charge in [-0.2, -0.15) is 0 Å². The molecule has 0 fully saturated rings. The van der Waals surface area contributed by atoms with E-state index < -0.39 is 0 Å². The lowest BCUT2D eigenvalue weighted by Gasteiger charge is -2.01. The molecule has 0 spiro atoms. The van der Waals surface area contributed by atoms with E-state index >= 15 is 0 Å². The van der Waals surface area contributed by atoms with Gasteiger partial charge in [0, 0.05) is 35.9 Å². The number of nitrogens with two attached hydrogens (primary N) is 1. The van der Waals surface area contributed by atoms with Gasteiger partial charge in [0.15, 0.2) is 10.9 Å². The lowest BCUT2D eigenvalue weighted by Crippen LogP contribution is -1.99. The molecule has 1 rings (SSSR count). The Labute approximate surface area is 111 Å². The Hall–Kier alpha value is -1.73. The molecule has 1 aromatic rings. The highest BCUT2D eigenvalue weighted by Gasteiger charge is 2.04. The summed E-state index contributed by atoms with van der Waals surface area (Å²) in [6, 6.07) is 5.17. The van der Waals surface area contributed by atoms with Crippen molar-refractivity contribution in [3.63, 3.8) is 0 Å². The van der Waals surface area contributed by atoms with Crippen molar-refractivity contribution in [2.24, 2.45) is 0 Å². The second kappa shape index (κ2) is 6.87. The Morgan fingerprint density at radius 3 is 2.67 bits per heavy atom. The van der Waals surface area contributed by atoms with E-state index in [2.05, 4.69) is 11.8 Å². The molecule has 0 aliphatic rings. The maximum absolute atomic E-state index is 11.3. The van der Waals surface area contributed by atoms with Crippen LogP contribution in [-0.4, -0.2) is 16.7 Å². The second-order valence-corrected chi connectivity index (χ2v) is 5.02. The number of carbonyl (C=O) groups excluding carboxylic acids is 2. The third-order valence-electron chi connectivity index (χ3n) is 2.20. The van der Waals surface area contributed by atoms with Crippen LogP contribution < -0.4 is 5.73 Å². The number of carbonyl (C=O) groups is 2. The van der Waals surface area contributed by atoms with E-state index in [-0.39, 0.29) is 10.9 Å². The first-order valence-corrected chi connectivity index (χ1v) is 6.52. The predicted molar refractivity (Wildman–Crippen MR) is 75.5 cm³/mol. The molecule has 0 aromatic heterocycles. The van der Waals surface area contributed by atoms with Crippen LogP contribution in [0.25, 0.3) is 0 Å². The smallest absolute Gasteiger partial charge is 0.185 e. The lowest BCUT2D eigenvalue weighted by atomic mass is 10.1. The molecule has 0 atom stereocenters. The van der Waals surface area contributed by atoms with Gasteiger partial charge in [-0.3, -0.25) is 9.59 Å². The van der Waals surface area contributed by atoms with E-state index in [4.69, 9.17) is 5.73 Å². The molecule has 0 aliphatic heterocycles. The molecule has 1 aromatic carbocycles. The Morgan fingerprint density at radius 2 is 2.06 bits per heavy atom. The fraction of sp³-hybridized carbons (Fsp3) is 0.286. The first-order chi connectivity index (χ1) is 8.50. The standard InChI is InChI=1S/C14H15NO2S/c1-10(16)13-9-12(6-7-14(13)15)5-3-4-8-18-11(2)17/h6-7,9H,4,8,15H2,1-2H3. The van der Waals surface area contributed by atoms with Crippen molar-refractivity contribution >= 4 is 28.3 Å². The summed E-state index contributed by atoms with van der Waals surface area (Å²) < 4.78 is 0. The number of hydrogen-bond acceptors (Lipinski definition) is 4. The summed E-state index contributed by atoms with van der Waals surface area (Å²) in [6.07, 6.45) is 0.643. The van der Waals surface area contributed by atoms with Gasteiger partial charge in [-0.1, -0.05) is 23.6 Å². The summed E-state index contributed by atoms with van der Waals surface area (Å²) in [4.78, 5) is 22.0. The summed E-state index contributed by atoms with van der Waals surface area (Å²) in [5.74, 6) is 6.55. The molecule has 4 heteroatoms. The van der Waals surface area contributed by atoms with Crippen molar-refractivity contribution in [2.45, 2.75) is 20.3 Å². The first-order valence-electron chi connectivity index (χ1n) is 5.53. The van der Waals surface area contributed by atoms with Crippen LogP contribution in [-0.2, 0) is 4.79 Å².